The second-order valence-electron chi connectivity index (χ2n) is 9.90. The van der Waals surface area contributed by atoms with Crippen LogP contribution in [0, 0.1) is 11.3 Å². The van der Waals surface area contributed by atoms with Gasteiger partial charge in [0.1, 0.15) is 0 Å². The van der Waals surface area contributed by atoms with Crippen LogP contribution in [-0.4, -0.2) is 67.0 Å². The second kappa shape index (κ2) is 11.0. The summed E-state index contributed by atoms with van der Waals surface area (Å²) in [5.74, 6) is 1.76. The molecule has 2 heterocycles. The van der Waals surface area contributed by atoms with Crippen LogP contribution in [0.2, 0.25) is 0 Å². The summed E-state index contributed by atoms with van der Waals surface area (Å²) >= 11 is 0. The average molecular weight is 428 g/mol. The average Bonchev–Trinajstić information content (AvgIpc) is 2.75. The fraction of sp³-hybridized carbons (Fsp3) is 0.680. The van der Waals surface area contributed by atoms with Crippen molar-refractivity contribution in [3.05, 3.63) is 35.9 Å². The maximum atomic E-state index is 12.1. The summed E-state index contributed by atoms with van der Waals surface area (Å²) in [6.07, 6.45) is 3.75. The predicted molar refractivity (Wildman–Crippen MR) is 128 cm³/mol. The summed E-state index contributed by atoms with van der Waals surface area (Å²) in [6.45, 7) is 14.3. The third-order valence-corrected chi connectivity index (χ3v) is 6.39. The molecule has 1 aromatic carbocycles. The maximum absolute atomic E-state index is 12.1. The number of hydrogen-bond acceptors (Lipinski definition) is 3. The van der Waals surface area contributed by atoms with E-state index in [1.165, 1.54) is 31.4 Å². The minimum Gasteiger partial charge on any atom is -0.357 e. The van der Waals surface area contributed by atoms with Crippen molar-refractivity contribution in [3.8, 4) is 0 Å². The topological polar surface area (TPSA) is 60.0 Å². The van der Waals surface area contributed by atoms with E-state index in [0.717, 1.165) is 32.1 Å². The number of nitrogens with zero attached hydrogens (tertiary/aromatic N) is 3. The summed E-state index contributed by atoms with van der Waals surface area (Å²) in [6, 6.07) is 11.5. The first-order valence-corrected chi connectivity index (χ1v) is 12.0. The Balaban J connectivity index is 1.56. The summed E-state index contributed by atoms with van der Waals surface area (Å²) in [5.41, 5.74) is 1.06. The molecule has 0 bridgehead atoms. The first kappa shape index (κ1) is 23.6. The summed E-state index contributed by atoms with van der Waals surface area (Å²) in [5, 5.41) is 6.47. The molecule has 2 atom stereocenters. The molecule has 6 heteroatoms. The van der Waals surface area contributed by atoms with Crippen molar-refractivity contribution in [2.45, 2.75) is 59.5 Å². The highest BCUT2D eigenvalue weighted by Gasteiger charge is 2.36. The maximum Gasteiger partial charge on any atom is 0.225 e. The van der Waals surface area contributed by atoms with Crippen LogP contribution in [0.1, 0.15) is 52.5 Å². The van der Waals surface area contributed by atoms with Crippen molar-refractivity contribution in [2.24, 2.45) is 16.3 Å². The Morgan fingerprint density at radius 1 is 1.13 bits per heavy atom. The Hall–Kier alpha value is -2.08. The lowest BCUT2D eigenvalue weighted by Crippen LogP contribution is -2.56. The van der Waals surface area contributed by atoms with Crippen LogP contribution in [-0.2, 0) is 11.3 Å². The van der Waals surface area contributed by atoms with Gasteiger partial charge in [-0.25, -0.2) is 0 Å². The standard InChI is InChI=1S/C25H41N5O/c1-5-26-24(28-15-14-27-23(31)25(2,3)4)30-17-13-22-21(19-30)12-9-16-29(22)18-20-10-7-6-8-11-20/h6-8,10-11,21-22H,5,9,12-19H2,1-4H3,(H,26,28)(H,27,31). The van der Waals surface area contributed by atoms with E-state index in [1.54, 1.807) is 0 Å². The van der Waals surface area contributed by atoms with E-state index in [4.69, 9.17) is 4.99 Å². The third kappa shape index (κ3) is 6.70. The lowest BCUT2D eigenvalue weighted by molar-refractivity contribution is -0.128. The molecular formula is C25H41N5O. The number of likely N-dealkylation sites (tertiary alicyclic amines) is 2. The normalized spacial score (nSPS) is 22.7. The van der Waals surface area contributed by atoms with Crippen molar-refractivity contribution >= 4 is 11.9 Å². The Labute approximate surface area is 188 Å². The number of carbonyl (C=O) groups excluding carboxylic acids is 1. The van der Waals surface area contributed by atoms with E-state index in [-0.39, 0.29) is 11.3 Å². The predicted octanol–water partition coefficient (Wildman–Crippen LogP) is 3.10. The van der Waals surface area contributed by atoms with Gasteiger partial charge in [0.15, 0.2) is 5.96 Å². The number of nitrogens with one attached hydrogen (secondary N) is 2. The molecule has 1 aromatic rings. The second-order valence-corrected chi connectivity index (χ2v) is 9.90. The van der Waals surface area contributed by atoms with Gasteiger partial charge in [-0.3, -0.25) is 14.7 Å². The molecule has 2 fully saturated rings. The highest BCUT2D eigenvalue weighted by Crippen LogP contribution is 2.31. The van der Waals surface area contributed by atoms with Crippen LogP contribution >= 0.6 is 0 Å². The van der Waals surface area contributed by atoms with Crippen LogP contribution in [0.4, 0.5) is 0 Å². The van der Waals surface area contributed by atoms with E-state index in [1.807, 2.05) is 20.8 Å². The van der Waals surface area contributed by atoms with Crippen LogP contribution in [0.3, 0.4) is 0 Å². The molecule has 31 heavy (non-hydrogen) atoms. The first-order chi connectivity index (χ1) is 14.9. The molecule has 0 spiro atoms. The number of carbonyl (C=O) groups is 1. The zero-order valence-corrected chi connectivity index (χ0v) is 19.9. The highest BCUT2D eigenvalue weighted by atomic mass is 16.2. The number of rotatable bonds is 6. The Morgan fingerprint density at radius 2 is 1.90 bits per heavy atom. The van der Waals surface area contributed by atoms with E-state index in [2.05, 4.69) is 57.7 Å². The molecule has 172 valence electrons. The van der Waals surface area contributed by atoms with Gasteiger partial charge in [0.25, 0.3) is 0 Å². The number of piperidine rings is 2. The summed E-state index contributed by atoms with van der Waals surface area (Å²) in [4.78, 5) is 22.0. The monoisotopic (exact) mass is 427 g/mol. The zero-order valence-electron chi connectivity index (χ0n) is 19.9. The fourth-order valence-electron chi connectivity index (χ4n) is 4.74. The smallest absolute Gasteiger partial charge is 0.225 e. The number of benzene rings is 1. The molecule has 0 saturated carbocycles. The number of aliphatic imine (C=N–C) groups is 1. The van der Waals surface area contributed by atoms with Gasteiger partial charge >= 0.3 is 0 Å². The van der Waals surface area contributed by atoms with Crippen LogP contribution in [0.15, 0.2) is 35.3 Å². The van der Waals surface area contributed by atoms with Gasteiger partial charge in [0, 0.05) is 44.2 Å². The van der Waals surface area contributed by atoms with Crippen molar-refractivity contribution in [2.75, 3.05) is 39.3 Å². The van der Waals surface area contributed by atoms with Gasteiger partial charge in [-0.15, -0.1) is 0 Å². The van der Waals surface area contributed by atoms with Crippen LogP contribution in [0.25, 0.3) is 0 Å². The van der Waals surface area contributed by atoms with Gasteiger partial charge in [-0.05, 0) is 44.2 Å². The SMILES string of the molecule is CCNC(=NCCNC(=O)C(C)(C)C)N1CCC2C(CCCN2Cc2ccccc2)C1. The molecule has 1 amide bonds. The largest absolute Gasteiger partial charge is 0.357 e. The number of hydrogen-bond donors (Lipinski definition) is 2. The first-order valence-electron chi connectivity index (χ1n) is 12.0. The molecule has 2 unspecified atom stereocenters. The lowest BCUT2D eigenvalue weighted by Gasteiger charge is -2.48. The van der Waals surface area contributed by atoms with E-state index < -0.39 is 0 Å². The van der Waals surface area contributed by atoms with Gasteiger partial charge in [-0.2, -0.15) is 0 Å². The Morgan fingerprint density at radius 3 is 2.61 bits per heavy atom. The summed E-state index contributed by atoms with van der Waals surface area (Å²) < 4.78 is 0. The molecular weight excluding hydrogens is 386 g/mol. The van der Waals surface area contributed by atoms with Gasteiger partial charge in [0.05, 0.1) is 6.54 Å². The molecule has 2 saturated heterocycles. The van der Waals surface area contributed by atoms with Gasteiger partial charge in [-0.1, -0.05) is 51.1 Å². The molecule has 6 nitrogen and oxygen atoms in total. The van der Waals surface area contributed by atoms with Crippen molar-refractivity contribution in [1.82, 2.24) is 20.4 Å². The minimum atomic E-state index is -0.358. The van der Waals surface area contributed by atoms with Crippen LogP contribution < -0.4 is 10.6 Å². The molecule has 2 N–H and O–H groups in total. The van der Waals surface area contributed by atoms with Gasteiger partial charge in [0.2, 0.25) is 5.91 Å². The van der Waals surface area contributed by atoms with Gasteiger partial charge < -0.3 is 15.5 Å². The van der Waals surface area contributed by atoms with Crippen molar-refractivity contribution < 1.29 is 4.79 Å². The quantitative estimate of drug-likeness (QED) is 0.416. The Kier molecular flexibility index (Phi) is 8.35. The molecule has 0 aliphatic carbocycles. The lowest BCUT2D eigenvalue weighted by atomic mass is 9.83. The molecule has 0 aromatic heterocycles. The van der Waals surface area contributed by atoms with E-state index in [0.29, 0.717) is 25.0 Å². The molecule has 2 aliphatic rings. The fourth-order valence-corrected chi connectivity index (χ4v) is 4.74. The van der Waals surface area contributed by atoms with Crippen molar-refractivity contribution in [3.63, 3.8) is 0 Å². The zero-order chi connectivity index (χ0) is 22.3. The van der Waals surface area contributed by atoms with Crippen LogP contribution in [0.5, 0.6) is 0 Å². The van der Waals surface area contributed by atoms with Crippen molar-refractivity contribution in [1.29, 1.82) is 0 Å². The van der Waals surface area contributed by atoms with E-state index in [9.17, 15) is 4.79 Å². The molecule has 3 rings (SSSR count). The van der Waals surface area contributed by atoms with E-state index >= 15 is 0 Å². The number of amides is 1. The minimum absolute atomic E-state index is 0.0780. The summed E-state index contributed by atoms with van der Waals surface area (Å²) in [7, 11) is 0. The molecule has 0 radical (unpaired) electrons. The highest BCUT2D eigenvalue weighted by molar-refractivity contribution is 5.81. The molecule has 2 aliphatic heterocycles. The number of guanidine groups is 1. The Bertz CT molecular complexity index is 727. The number of fused-ring (bicyclic) bond motifs is 1. The third-order valence-electron chi connectivity index (χ3n) is 6.39.